The summed E-state index contributed by atoms with van der Waals surface area (Å²) in [5, 5.41) is 0.600. The van der Waals surface area contributed by atoms with Crippen molar-refractivity contribution < 1.29 is 4.74 Å². The summed E-state index contributed by atoms with van der Waals surface area (Å²) < 4.78 is 4.89. The predicted molar refractivity (Wildman–Crippen MR) is 53.7 cm³/mol. The van der Waals surface area contributed by atoms with Gasteiger partial charge in [0.15, 0.2) is 5.75 Å². The molecule has 0 radical (unpaired) electrons. The van der Waals surface area contributed by atoms with Gasteiger partial charge in [0.05, 0.1) is 7.11 Å². The van der Waals surface area contributed by atoms with Gasteiger partial charge in [-0.15, -0.1) is 0 Å². The van der Waals surface area contributed by atoms with Gasteiger partial charge in [-0.25, -0.2) is 0 Å². The quantitative estimate of drug-likeness (QED) is 0.729. The van der Waals surface area contributed by atoms with Crippen LogP contribution in [0.3, 0.4) is 0 Å². The molecule has 0 unspecified atom stereocenters. The number of methoxy groups -OCH3 is 1. The summed E-state index contributed by atoms with van der Waals surface area (Å²) in [4.78, 5) is 11.4. The fourth-order valence-corrected chi connectivity index (χ4v) is 1.33. The average Bonchev–Trinajstić information content (AvgIpc) is 2.26. The molecule has 0 spiro atoms. The van der Waals surface area contributed by atoms with Crippen LogP contribution < -0.4 is 10.2 Å². The molecule has 0 fully saturated rings. The summed E-state index contributed by atoms with van der Waals surface area (Å²) in [5.74, 6) is 0.321. The van der Waals surface area contributed by atoms with E-state index in [0.29, 0.717) is 10.8 Å². The van der Waals surface area contributed by atoms with Gasteiger partial charge in [-0.2, -0.15) is 0 Å². The monoisotopic (exact) mass is 198 g/mol. The van der Waals surface area contributed by atoms with E-state index in [0.717, 1.165) is 12.0 Å². The Labute approximate surface area is 82.1 Å². The highest BCUT2D eigenvalue weighted by atomic mass is 35.5. The molecular weight excluding hydrogens is 188 g/mol. The summed E-state index contributed by atoms with van der Waals surface area (Å²) in [5.41, 5.74) is 0.709. The highest BCUT2D eigenvalue weighted by Crippen LogP contribution is 2.15. The van der Waals surface area contributed by atoms with E-state index in [1.54, 1.807) is 12.1 Å². The third-order valence-corrected chi connectivity index (χ3v) is 2.21. The second kappa shape index (κ2) is 4.28. The van der Waals surface area contributed by atoms with Gasteiger partial charge < -0.3 is 4.74 Å². The summed E-state index contributed by atoms with van der Waals surface area (Å²) >= 11 is 5.92. The lowest BCUT2D eigenvalue weighted by molar-refractivity contribution is 0.411. The van der Waals surface area contributed by atoms with Crippen LogP contribution >= 0.6 is 11.6 Å². The molecule has 70 valence electrons. The second-order valence-electron chi connectivity index (χ2n) is 2.64. The average molecular weight is 199 g/mol. The molecule has 1 rings (SSSR count). The van der Waals surface area contributed by atoms with Gasteiger partial charge in [-0.3, -0.25) is 4.79 Å². The summed E-state index contributed by atoms with van der Waals surface area (Å²) in [6.07, 6.45) is 0.742. The van der Waals surface area contributed by atoms with Crippen molar-refractivity contribution in [3.8, 4) is 5.75 Å². The van der Waals surface area contributed by atoms with Crippen molar-refractivity contribution in [2.45, 2.75) is 13.3 Å². The summed E-state index contributed by atoms with van der Waals surface area (Å²) in [7, 11) is 1.47. The maximum absolute atomic E-state index is 11.4. The normalized spacial score (nSPS) is 9.77. The van der Waals surface area contributed by atoms with Crippen molar-refractivity contribution in [1.29, 1.82) is 0 Å². The first-order chi connectivity index (χ1) is 6.19. The van der Waals surface area contributed by atoms with Crippen molar-refractivity contribution in [2.75, 3.05) is 7.11 Å². The molecule has 0 amide bonds. The minimum absolute atomic E-state index is 0.133. The Balaban J connectivity index is 3.40. The molecule has 3 heteroatoms. The van der Waals surface area contributed by atoms with E-state index in [-0.39, 0.29) is 5.43 Å². The second-order valence-corrected chi connectivity index (χ2v) is 3.04. The zero-order chi connectivity index (χ0) is 9.84. The molecule has 0 aliphatic heterocycles. The first-order valence-corrected chi connectivity index (χ1v) is 4.43. The summed E-state index contributed by atoms with van der Waals surface area (Å²) in [6, 6.07) is 4.78. The Hall–Kier alpha value is -1.02. The van der Waals surface area contributed by atoms with Gasteiger partial charge >= 0.3 is 0 Å². The smallest absolute Gasteiger partial charge is 0.220 e. The zero-order valence-corrected chi connectivity index (χ0v) is 8.39. The van der Waals surface area contributed by atoms with E-state index < -0.39 is 0 Å². The minimum atomic E-state index is -0.133. The molecule has 0 atom stereocenters. The summed E-state index contributed by atoms with van der Waals surface area (Å²) in [6.45, 7) is 1.95. The van der Waals surface area contributed by atoms with Crippen LogP contribution in [-0.4, -0.2) is 7.11 Å². The number of halogens is 1. The zero-order valence-electron chi connectivity index (χ0n) is 7.63. The van der Waals surface area contributed by atoms with E-state index in [1.165, 1.54) is 13.2 Å². The third-order valence-electron chi connectivity index (χ3n) is 1.84. The first kappa shape index (κ1) is 10.1. The van der Waals surface area contributed by atoms with Crippen LogP contribution in [0, 0.1) is 0 Å². The molecular formula is C10H11ClO2. The SMILES string of the molecule is CCc1cc(=O)c(OC)ccc1Cl. The maximum atomic E-state index is 11.4. The lowest BCUT2D eigenvalue weighted by Crippen LogP contribution is -2.00. The van der Waals surface area contributed by atoms with E-state index in [4.69, 9.17) is 16.3 Å². The molecule has 0 saturated heterocycles. The minimum Gasteiger partial charge on any atom is -0.493 e. The predicted octanol–water partition coefficient (Wildman–Crippen LogP) is 2.27. The molecule has 0 saturated carbocycles. The largest absolute Gasteiger partial charge is 0.493 e. The van der Waals surface area contributed by atoms with Gasteiger partial charge in [0.2, 0.25) is 5.43 Å². The van der Waals surface area contributed by atoms with Crippen molar-refractivity contribution >= 4 is 11.6 Å². The highest BCUT2D eigenvalue weighted by molar-refractivity contribution is 6.31. The van der Waals surface area contributed by atoms with Crippen molar-refractivity contribution in [3.05, 3.63) is 39.0 Å². The van der Waals surface area contributed by atoms with Gasteiger partial charge in [0, 0.05) is 5.02 Å². The fraction of sp³-hybridized carbons (Fsp3) is 0.300. The molecule has 0 aromatic heterocycles. The number of ether oxygens (including phenoxy) is 1. The standard InChI is InChI=1S/C10H11ClO2/c1-3-7-6-9(12)10(13-2)5-4-8(7)11/h4-6H,3H2,1-2H3. The van der Waals surface area contributed by atoms with Crippen LogP contribution in [0.5, 0.6) is 5.75 Å². The molecule has 13 heavy (non-hydrogen) atoms. The Kier molecular flexibility index (Phi) is 3.32. The Morgan fingerprint density at radius 2 is 2.15 bits per heavy atom. The molecule has 0 aliphatic rings. The molecule has 2 nitrogen and oxygen atoms in total. The Bertz CT molecular complexity index is 361. The molecule has 0 heterocycles. The van der Waals surface area contributed by atoms with Crippen LogP contribution in [-0.2, 0) is 6.42 Å². The molecule has 1 aromatic carbocycles. The van der Waals surface area contributed by atoms with Gasteiger partial charge in [-0.05, 0) is 30.2 Å². The van der Waals surface area contributed by atoms with E-state index in [9.17, 15) is 4.79 Å². The van der Waals surface area contributed by atoms with Crippen molar-refractivity contribution in [1.82, 2.24) is 0 Å². The highest BCUT2D eigenvalue weighted by Gasteiger charge is 2.00. The van der Waals surface area contributed by atoms with Crippen molar-refractivity contribution in [2.24, 2.45) is 0 Å². The van der Waals surface area contributed by atoms with Crippen LogP contribution in [0.1, 0.15) is 12.5 Å². The topological polar surface area (TPSA) is 26.3 Å². The first-order valence-electron chi connectivity index (χ1n) is 4.05. The number of aryl methyl sites for hydroxylation is 1. The Morgan fingerprint density at radius 3 is 2.69 bits per heavy atom. The lowest BCUT2D eigenvalue weighted by Gasteiger charge is -1.91. The van der Waals surface area contributed by atoms with Crippen LogP contribution in [0.25, 0.3) is 0 Å². The lowest BCUT2D eigenvalue weighted by atomic mass is 10.2. The fourth-order valence-electron chi connectivity index (χ4n) is 1.08. The molecule has 0 aliphatic carbocycles. The van der Waals surface area contributed by atoms with Gasteiger partial charge in [0.1, 0.15) is 0 Å². The van der Waals surface area contributed by atoms with Crippen LogP contribution in [0.4, 0.5) is 0 Å². The molecule has 0 N–H and O–H groups in total. The van der Waals surface area contributed by atoms with E-state index in [2.05, 4.69) is 0 Å². The van der Waals surface area contributed by atoms with E-state index >= 15 is 0 Å². The van der Waals surface area contributed by atoms with E-state index in [1.807, 2.05) is 6.92 Å². The number of hydrogen-bond acceptors (Lipinski definition) is 2. The van der Waals surface area contributed by atoms with Crippen molar-refractivity contribution in [3.63, 3.8) is 0 Å². The molecule has 0 bridgehead atoms. The maximum Gasteiger partial charge on any atom is 0.220 e. The van der Waals surface area contributed by atoms with Gasteiger partial charge in [0.25, 0.3) is 0 Å². The molecule has 1 aromatic rings. The van der Waals surface area contributed by atoms with Crippen LogP contribution in [0.2, 0.25) is 5.02 Å². The van der Waals surface area contributed by atoms with Crippen LogP contribution in [0.15, 0.2) is 23.0 Å². The number of rotatable bonds is 2. The Morgan fingerprint density at radius 1 is 1.46 bits per heavy atom. The third kappa shape index (κ3) is 2.22. The number of hydrogen-bond donors (Lipinski definition) is 0. The van der Waals surface area contributed by atoms with Gasteiger partial charge in [-0.1, -0.05) is 18.5 Å².